The first-order chi connectivity index (χ1) is 11.2. The van der Waals surface area contributed by atoms with E-state index in [0.29, 0.717) is 11.5 Å². The SMILES string of the molecule is COc1ccc(S(=O)(=O)NCCN(C2CC2)S(C)(=O)=O)cc1OC. The van der Waals surface area contributed by atoms with Gasteiger partial charge in [-0.3, -0.25) is 0 Å². The molecule has 0 heterocycles. The Morgan fingerprint density at radius 2 is 1.75 bits per heavy atom. The van der Waals surface area contributed by atoms with Crippen LogP contribution in [0.1, 0.15) is 12.8 Å². The molecule has 0 unspecified atom stereocenters. The van der Waals surface area contributed by atoms with Crippen molar-refractivity contribution < 1.29 is 26.3 Å². The van der Waals surface area contributed by atoms with Gasteiger partial charge in [0.25, 0.3) is 0 Å². The summed E-state index contributed by atoms with van der Waals surface area (Å²) in [6.45, 7) is 0.107. The molecule has 0 spiro atoms. The summed E-state index contributed by atoms with van der Waals surface area (Å²) in [5, 5.41) is 0. The van der Waals surface area contributed by atoms with E-state index in [1.54, 1.807) is 0 Å². The smallest absolute Gasteiger partial charge is 0.240 e. The number of benzene rings is 1. The molecule has 1 aliphatic carbocycles. The van der Waals surface area contributed by atoms with Crippen LogP contribution in [0.25, 0.3) is 0 Å². The van der Waals surface area contributed by atoms with Gasteiger partial charge >= 0.3 is 0 Å². The molecule has 1 saturated carbocycles. The minimum atomic E-state index is -3.77. The van der Waals surface area contributed by atoms with E-state index in [9.17, 15) is 16.8 Å². The quantitative estimate of drug-likeness (QED) is 0.668. The third kappa shape index (κ3) is 4.59. The molecular formula is C14H22N2O6S2. The highest BCUT2D eigenvalue weighted by atomic mass is 32.2. The van der Waals surface area contributed by atoms with Gasteiger partial charge in [0.05, 0.1) is 25.4 Å². The summed E-state index contributed by atoms with van der Waals surface area (Å²) in [6, 6.07) is 4.25. The van der Waals surface area contributed by atoms with E-state index in [0.717, 1.165) is 19.1 Å². The van der Waals surface area contributed by atoms with E-state index in [1.807, 2.05) is 0 Å². The fourth-order valence-corrected chi connectivity index (χ4v) is 4.55. The topological polar surface area (TPSA) is 102 Å². The van der Waals surface area contributed by atoms with Gasteiger partial charge < -0.3 is 9.47 Å². The number of hydrogen-bond donors (Lipinski definition) is 1. The molecule has 0 aliphatic heterocycles. The van der Waals surface area contributed by atoms with Crippen LogP contribution in [-0.4, -0.2) is 60.7 Å². The van der Waals surface area contributed by atoms with Crippen molar-refractivity contribution in [1.29, 1.82) is 0 Å². The first-order valence-corrected chi connectivity index (χ1v) is 10.7. The van der Waals surface area contributed by atoms with Gasteiger partial charge in [-0.05, 0) is 25.0 Å². The van der Waals surface area contributed by atoms with Gasteiger partial charge in [-0.1, -0.05) is 0 Å². The number of sulfonamides is 2. The van der Waals surface area contributed by atoms with E-state index in [4.69, 9.17) is 9.47 Å². The largest absolute Gasteiger partial charge is 0.493 e. The fraction of sp³-hybridized carbons (Fsp3) is 0.571. The average Bonchev–Trinajstić information content (AvgIpc) is 3.34. The predicted octanol–water partition coefficient (Wildman–Crippen LogP) is 0.406. The predicted molar refractivity (Wildman–Crippen MR) is 89.3 cm³/mol. The maximum atomic E-state index is 12.3. The Kier molecular flexibility index (Phi) is 5.74. The molecule has 1 aromatic carbocycles. The molecule has 0 saturated heterocycles. The third-order valence-corrected chi connectivity index (χ3v) is 6.46. The van der Waals surface area contributed by atoms with Gasteiger partial charge in [-0.2, -0.15) is 4.31 Å². The molecule has 1 aromatic rings. The van der Waals surface area contributed by atoms with Crippen LogP contribution in [0.4, 0.5) is 0 Å². The highest BCUT2D eigenvalue weighted by molar-refractivity contribution is 7.89. The lowest BCUT2D eigenvalue weighted by atomic mass is 10.3. The van der Waals surface area contributed by atoms with E-state index in [1.165, 1.54) is 36.7 Å². The summed E-state index contributed by atoms with van der Waals surface area (Å²) in [6.07, 6.45) is 2.76. The highest BCUT2D eigenvalue weighted by Gasteiger charge is 2.34. The Labute approximate surface area is 142 Å². The molecule has 0 aromatic heterocycles. The molecule has 1 aliphatic rings. The molecule has 136 valence electrons. The highest BCUT2D eigenvalue weighted by Crippen LogP contribution is 2.30. The van der Waals surface area contributed by atoms with E-state index < -0.39 is 20.0 Å². The van der Waals surface area contributed by atoms with E-state index >= 15 is 0 Å². The van der Waals surface area contributed by atoms with Crippen molar-refractivity contribution in [2.75, 3.05) is 33.6 Å². The average molecular weight is 378 g/mol. The zero-order valence-corrected chi connectivity index (χ0v) is 15.5. The molecule has 0 amide bonds. The van der Waals surface area contributed by atoms with Crippen molar-refractivity contribution in [1.82, 2.24) is 9.03 Å². The standard InChI is InChI=1S/C14H22N2O6S2/c1-21-13-7-6-12(10-14(13)22-2)24(19,20)15-8-9-16(11-4-5-11)23(3,17)18/h6-7,10-11,15H,4-5,8-9H2,1-3H3. The van der Waals surface area contributed by atoms with Gasteiger partial charge in [0, 0.05) is 25.2 Å². The van der Waals surface area contributed by atoms with Crippen molar-refractivity contribution >= 4 is 20.0 Å². The molecule has 24 heavy (non-hydrogen) atoms. The zero-order valence-electron chi connectivity index (χ0n) is 13.9. The van der Waals surface area contributed by atoms with Gasteiger partial charge in [-0.15, -0.1) is 0 Å². The number of methoxy groups -OCH3 is 2. The Morgan fingerprint density at radius 3 is 2.25 bits per heavy atom. The summed E-state index contributed by atoms with van der Waals surface area (Å²) in [4.78, 5) is 0.0254. The number of rotatable bonds is 9. The second-order valence-electron chi connectivity index (χ2n) is 5.52. The molecule has 0 atom stereocenters. The van der Waals surface area contributed by atoms with Crippen LogP contribution < -0.4 is 14.2 Å². The number of hydrogen-bond acceptors (Lipinski definition) is 6. The van der Waals surface area contributed by atoms with E-state index in [2.05, 4.69) is 4.72 Å². The number of nitrogens with one attached hydrogen (secondary N) is 1. The minimum absolute atomic E-state index is 0.000246. The number of nitrogens with zero attached hydrogens (tertiary/aromatic N) is 1. The van der Waals surface area contributed by atoms with Gasteiger partial charge in [0.1, 0.15) is 0 Å². The van der Waals surface area contributed by atoms with Gasteiger partial charge in [0.15, 0.2) is 11.5 Å². The molecule has 2 rings (SSSR count). The molecule has 10 heteroatoms. The Morgan fingerprint density at radius 1 is 1.12 bits per heavy atom. The van der Waals surface area contributed by atoms with Crippen molar-refractivity contribution in [2.24, 2.45) is 0 Å². The lowest BCUT2D eigenvalue weighted by molar-refractivity contribution is 0.354. The van der Waals surface area contributed by atoms with Crippen molar-refractivity contribution in [2.45, 2.75) is 23.8 Å². The lowest BCUT2D eigenvalue weighted by Gasteiger charge is -2.19. The Bertz CT molecular complexity index is 787. The van der Waals surface area contributed by atoms with Crippen molar-refractivity contribution in [3.8, 4) is 11.5 Å². The lowest BCUT2D eigenvalue weighted by Crippen LogP contribution is -2.39. The maximum absolute atomic E-state index is 12.3. The molecule has 0 bridgehead atoms. The third-order valence-electron chi connectivity index (χ3n) is 3.67. The monoisotopic (exact) mass is 378 g/mol. The van der Waals surface area contributed by atoms with Crippen LogP contribution in [0, 0.1) is 0 Å². The van der Waals surface area contributed by atoms with Crippen LogP contribution in [0.2, 0.25) is 0 Å². The van der Waals surface area contributed by atoms with Crippen LogP contribution in [-0.2, 0) is 20.0 Å². The molecule has 0 radical (unpaired) electrons. The zero-order chi connectivity index (χ0) is 18.0. The first kappa shape index (κ1) is 19.0. The summed E-state index contributed by atoms with van der Waals surface area (Å²) in [5.74, 6) is 0.726. The minimum Gasteiger partial charge on any atom is -0.493 e. The second-order valence-corrected chi connectivity index (χ2v) is 9.22. The van der Waals surface area contributed by atoms with Crippen LogP contribution in [0.3, 0.4) is 0 Å². The van der Waals surface area contributed by atoms with Crippen molar-refractivity contribution in [3.63, 3.8) is 0 Å². The fourth-order valence-electron chi connectivity index (χ4n) is 2.34. The van der Waals surface area contributed by atoms with E-state index in [-0.39, 0.29) is 24.0 Å². The Balaban J connectivity index is 2.06. The normalized spacial score (nSPS) is 15.5. The molecule has 8 nitrogen and oxygen atoms in total. The van der Waals surface area contributed by atoms with Crippen LogP contribution in [0.15, 0.2) is 23.1 Å². The molecule has 1 fully saturated rings. The van der Waals surface area contributed by atoms with Crippen LogP contribution >= 0.6 is 0 Å². The first-order valence-electron chi connectivity index (χ1n) is 7.37. The van der Waals surface area contributed by atoms with Crippen LogP contribution in [0.5, 0.6) is 11.5 Å². The summed E-state index contributed by atoms with van der Waals surface area (Å²) >= 11 is 0. The maximum Gasteiger partial charge on any atom is 0.240 e. The van der Waals surface area contributed by atoms with Crippen molar-refractivity contribution in [3.05, 3.63) is 18.2 Å². The number of ether oxygens (including phenoxy) is 2. The Hall–Kier alpha value is -1.36. The molecular weight excluding hydrogens is 356 g/mol. The molecule has 1 N–H and O–H groups in total. The van der Waals surface area contributed by atoms with Gasteiger partial charge in [-0.25, -0.2) is 21.6 Å². The summed E-state index contributed by atoms with van der Waals surface area (Å²) in [7, 11) is -4.23. The second kappa shape index (κ2) is 7.26. The summed E-state index contributed by atoms with van der Waals surface area (Å²) in [5.41, 5.74) is 0. The van der Waals surface area contributed by atoms with Gasteiger partial charge in [0.2, 0.25) is 20.0 Å². The summed E-state index contributed by atoms with van der Waals surface area (Å²) < 4.78 is 62.0.